The summed E-state index contributed by atoms with van der Waals surface area (Å²) in [5.74, 6) is -0.842. The van der Waals surface area contributed by atoms with Crippen LogP contribution >= 0.6 is 0 Å². The minimum atomic E-state index is -0.842. The molecule has 0 saturated carbocycles. The molecule has 116 valence electrons. The van der Waals surface area contributed by atoms with Crippen LogP contribution in [0.1, 0.15) is 46.5 Å². The van der Waals surface area contributed by atoms with Crippen molar-refractivity contribution in [2.45, 2.75) is 58.0 Å². The maximum absolute atomic E-state index is 12.0. The first kappa shape index (κ1) is 16.8. The maximum atomic E-state index is 12.0. The standard InChI is InChI=1S/C14H27N3O3/c1-4-17-9-5-6-11(10-17)15-13(20)16-14(2,3)8-7-12(18)19/h11H,4-10H2,1-3H3,(H,18,19)(H2,15,16,20). The van der Waals surface area contributed by atoms with Gasteiger partial charge in [0.1, 0.15) is 0 Å². The fourth-order valence-corrected chi connectivity index (χ4v) is 2.47. The summed E-state index contributed by atoms with van der Waals surface area (Å²) in [4.78, 5) is 24.9. The van der Waals surface area contributed by atoms with E-state index >= 15 is 0 Å². The summed E-state index contributed by atoms with van der Waals surface area (Å²) >= 11 is 0. The fourth-order valence-electron chi connectivity index (χ4n) is 2.47. The summed E-state index contributed by atoms with van der Waals surface area (Å²) in [6.45, 7) is 8.80. The molecule has 6 nitrogen and oxygen atoms in total. The first-order chi connectivity index (χ1) is 9.32. The molecule has 0 aromatic carbocycles. The Balaban J connectivity index is 2.36. The number of urea groups is 1. The number of carboxylic acids is 1. The second kappa shape index (κ2) is 7.47. The number of aliphatic carboxylic acids is 1. The van der Waals surface area contributed by atoms with Crippen molar-refractivity contribution in [1.82, 2.24) is 15.5 Å². The predicted octanol–water partition coefficient (Wildman–Crippen LogP) is 1.41. The highest BCUT2D eigenvalue weighted by Crippen LogP contribution is 2.12. The molecule has 1 atom stereocenters. The van der Waals surface area contributed by atoms with Crippen molar-refractivity contribution in [3.63, 3.8) is 0 Å². The Morgan fingerprint density at radius 2 is 2.10 bits per heavy atom. The van der Waals surface area contributed by atoms with Crippen LogP contribution in [0.5, 0.6) is 0 Å². The lowest BCUT2D eigenvalue weighted by molar-refractivity contribution is -0.137. The third-order valence-corrected chi connectivity index (χ3v) is 3.70. The Kier molecular flexibility index (Phi) is 6.26. The van der Waals surface area contributed by atoms with E-state index in [0.29, 0.717) is 6.42 Å². The molecule has 0 spiro atoms. The van der Waals surface area contributed by atoms with Gasteiger partial charge in [0, 0.05) is 24.5 Å². The quantitative estimate of drug-likeness (QED) is 0.689. The summed E-state index contributed by atoms with van der Waals surface area (Å²) in [7, 11) is 0. The molecule has 1 aliphatic rings. The Labute approximate surface area is 120 Å². The number of carboxylic acid groups (broad SMARTS) is 1. The third-order valence-electron chi connectivity index (χ3n) is 3.70. The smallest absolute Gasteiger partial charge is 0.315 e. The number of likely N-dealkylation sites (N-methyl/N-ethyl adjacent to an activating group) is 1. The van der Waals surface area contributed by atoms with Gasteiger partial charge in [0.15, 0.2) is 0 Å². The van der Waals surface area contributed by atoms with Crippen LogP contribution in [-0.2, 0) is 4.79 Å². The van der Waals surface area contributed by atoms with Crippen LogP contribution in [0, 0.1) is 0 Å². The van der Waals surface area contributed by atoms with Gasteiger partial charge in [-0.25, -0.2) is 4.79 Å². The number of amides is 2. The number of carbonyl (C=O) groups excluding carboxylic acids is 1. The van der Waals surface area contributed by atoms with Crippen molar-refractivity contribution in [2.24, 2.45) is 0 Å². The van der Waals surface area contributed by atoms with Gasteiger partial charge in [-0.05, 0) is 46.2 Å². The molecule has 3 N–H and O–H groups in total. The van der Waals surface area contributed by atoms with Gasteiger partial charge in [-0.3, -0.25) is 4.79 Å². The van der Waals surface area contributed by atoms with Crippen LogP contribution in [0.2, 0.25) is 0 Å². The molecule has 0 aromatic rings. The van der Waals surface area contributed by atoms with Crippen molar-refractivity contribution in [3.05, 3.63) is 0 Å². The summed E-state index contributed by atoms with van der Waals surface area (Å²) < 4.78 is 0. The number of rotatable bonds is 6. The molecule has 1 unspecified atom stereocenters. The van der Waals surface area contributed by atoms with Gasteiger partial charge >= 0.3 is 12.0 Å². The summed E-state index contributed by atoms with van der Waals surface area (Å²) in [6.07, 6.45) is 2.57. The van der Waals surface area contributed by atoms with Gasteiger partial charge in [-0.2, -0.15) is 0 Å². The number of nitrogens with zero attached hydrogens (tertiary/aromatic N) is 1. The molecule has 6 heteroatoms. The minimum absolute atomic E-state index is 0.0559. The molecule has 0 aliphatic carbocycles. The van der Waals surface area contributed by atoms with E-state index in [1.54, 1.807) is 0 Å². The molecule has 1 saturated heterocycles. The molecule has 0 radical (unpaired) electrons. The number of carbonyl (C=O) groups is 2. The highest BCUT2D eigenvalue weighted by atomic mass is 16.4. The summed E-state index contributed by atoms with van der Waals surface area (Å²) in [6, 6.07) is -0.0256. The molecule has 20 heavy (non-hydrogen) atoms. The summed E-state index contributed by atoms with van der Waals surface area (Å²) in [5, 5.41) is 14.5. The predicted molar refractivity (Wildman–Crippen MR) is 77.8 cm³/mol. The molecule has 0 aromatic heterocycles. The van der Waals surface area contributed by atoms with E-state index in [1.165, 1.54) is 0 Å². The van der Waals surface area contributed by atoms with Gasteiger partial charge < -0.3 is 20.6 Å². The van der Waals surface area contributed by atoms with Gasteiger partial charge in [-0.15, -0.1) is 0 Å². The van der Waals surface area contributed by atoms with Crippen molar-refractivity contribution < 1.29 is 14.7 Å². The lowest BCUT2D eigenvalue weighted by atomic mass is 9.98. The van der Waals surface area contributed by atoms with Gasteiger partial charge in [0.25, 0.3) is 0 Å². The number of likely N-dealkylation sites (tertiary alicyclic amines) is 1. The minimum Gasteiger partial charge on any atom is -0.481 e. The highest BCUT2D eigenvalue weighted by Gasteiger charge is 2.24. The molecule has 1 heterocycles. The van der Waals surface area contributed by atoms with Crippen molar-refractivity contribution in [2.75, 3.05) is 19.6 Å². The van der Waals surface area contributed by atoms with Crippen molar-refractivity contribution in [1.29, 1.82) is 0 Å². The average Bonchev–Trinajstić information content (AvgIpc) is 2.36. The van der Waals surface area contributed by atoms with Gasteiger partial charge in [-0.1, -0.05) is 6.92 Å². The molecule has 1 aliphatic heterocycles. The lowest BCUT2D eigenvalue weighted by Gasteiger charge is -2.33. The Hall–Kier alpha value is -1.30. The zero-order chi connectivity index (χ0) is 15.2. The normalized spacial score (nSPS) is 20.4. The molecule has 1 rings (SSSR count). The number of hydrogen-bond acceptors (Lipinski definition) is 3. The topological polar surface area (TPSA) is 81.7 Å². The fraction of sp³-hybridized carbons (Fsp3) is 0.857. The number of hydrogen-bond donors (Lipinski definition) is 3. The Morgan fingerprint density at radius 3 is 2.70 bits per heavy atom. The molecular formula is C14H27N3O3. The second-order valence-electron chi connectivity index (χ2n) is 6.11. The monoisotopic (exact) mass is 285 g/mol. The molecule has 2 amide bonds. The molecule has 1 fully saturated rings. The van der Waals surface area contributed by atoms with Crippen LogP contribution in [-0.4, -0.2) is 53.2 Å². The maximum Gasteiger partial charge on any atom is 0.315 e. The SMILES string of the molecule is CCN1CCCC(NC(=O)NC(C)(C)CCC(=O)O)C1. The van der Waals surface area contributed by atoms with Crippen LogP contribution in [0.25, 0.3) is 0 Å². The van der Waals surface area contributed by atoms with Crippen molar-refractivity contribution >= 4 is 12.0 Å². The van der Waals surface area contributed by atoms with E-state index in [-0.39, 0.29) is 18.5 Å². The van der Waals surface area contributed by atoms with E-state index in [9.17, 15) is 9.59 Å². The summed E-state index contributed by atoms with van der Waals surface area (Å²) in [5.41, 5.74) is -0.512. The van der Waals surface area contributed by atoms with E-state index in [4.69, 9.17) is 5.11 Å². The molecule has 0 bridgehead atoms. The first-order valence-corrected chi connectivity index (χ1v) is 7.35. The van der Waals surface area contributed by atoms with Crippen LogP contribution in [0.15, 0.2) is 0 Å². The highest BCUT2D eigenvalue weighted by molar-refractivity contribution is 5.75. The second-order valence-corrected chi connectivity index (χ2v) is 6.11. The van der Waals surface area contributed by atoms with E-state index in [0.717, 1.165) is 32.5 Å². The average molecular weight is 285 g/mol. The number of piperidine rings is 1. The lowest BCUT2D eigenvalue weighted by Crippen LogP contribution is -2.54. The van der Waals surface area contributed by atoms with Crippen LogP contribution in [0.3, 0.4) is 0 Å². The van der Waals surface area contributed by atoms with E-state index < -0.39 is 11.5 Å². The zero-order valence-corrected chi connectivity index (χ0v) is 12.7. The van der Waals surface area contributed by atoms with Gasteiger partial charge in [0.05, 0.1) is 0 Å². The number of nitrogens with one attached hydrogen (secondary N) is 2. The van der Waals surface area contributed by atoms with E-state index in [1.807, 2.05) is 13.8 Å². The van der Waals surface area contributed by atoms with Crippen LogP contribution in [0.4, 0.5) is 4.79 Å². The Morgan fingerprint density at radius 1 is 1.40 bits per heavy atom. The largest absolute Gasteiger partial charge is 0.481 e. The van der Waals surface area contributed by atoms with E-state index in [2.05, 4.69) is 22.5 Å². The Bertz CT molecular complexity index is 345. The molecular weight excluding hydrogens is 258 g/mol. The zero-order valence-electron chi connectivity index (χ0n) is 12.7. The first-order valence-electron chi connectivity index (χ1n) is 7.35. The van der Waals surface area contributed by atoms with Gasteiger partial charge in [0.2, 0.25) is 0 Å². The van der Waals surface area contributed by atoms with Crippen LogP contribution < -0.4 is 10.6 Å². The third kappa shape index (κ3) is 6.23. The van der Waals surface area contributed by atoms with Crippen molar-refractivity contribution in [3.8, 4) is 0 Å².